The molecule has 2 unspecified atom stereocenters. The molecule has 2 atom stereocenters. The van der Waals surface area contributed by atoms with E-state index in [1.165, 1.54) is 0 Å². The van der Waals surface area contributed by atoms with Gasteiger partial charge in [-0.25, -0.2) is 8.42 Å². The number of rotatable bonds is 6. The Hall–Kier alpha value is -0.580. The lowest BCUT2D eigenvalue weighted by atomic mass is 9.87. The van der Waals surface area contributed by atoms with Crippen molar-refractivity contribution in [3.05, 3.63) is 0 Å². The molecule has 0 amide bonds. The van der Waals surface area contributed by atoms with Crippen molar-refractivity contribution in [2.24, 2.45) is 11.8 Å². The molecule has 0 aromatic carbocycles. The molecular formula is C11H20O4S. The van der Waals surface area contributed by atoms with Crippen molar-refractivity contribution in [3.63, 3.8) is 0 Å². The van der Waals surface area contributed by atoms with E-state index in [0.717, 1.165) is 19.3 Å². The molecule has 0 aliphatic carbocycles. The lowest BCUT2D eigenvalue weighted by Gasteiger charge is -2.17. The molecular weight excluding hydrogens is 228 g/mol. The highest BCUT2D eigenvalue weighted by Gasteiger charge is 2.36. The molecule has 0 saturated carbocycles. The Labute approximate surface area is 97.0 Å². The molecule has 0 radical (unpaired) electrons. The van der Waals surface area contributed by atoms with Gasteiger partial charge in [0, 0.05) is 0 Å². The third kappa shape index (κ3) is 3.77. The van der Waals surface area contributed by atoms with Crippen LogP contribution in [0.4, 0.5) is 0 Å². The molecule has 1 N–H and O–H groups in total. The van der Waals surface area contributed by atoms with Crippen molar-refractivity contribution in [3.8, 4) is 0 Å². The Kier molecular flexibility index (Phi) is 4.77. The molecule has 1 heterocycles. The van der Waals surface area contributed by atoms with Crippen molar-refractivity contribution < 1.29 is 18.3 Å². The average Bonchev–Trinajstić information content (AvgIpc) is 2.53. The van der Waals surface area contributed by atoms with Gasteiger partial charge < -0.3 is 5.11 Å². The van der Waals surface area contributed by atoms with Gasteiger partial charge in [0.15, 0.2) is 9.84 Å². The first kappa shape index (κ1) is 13.5. The van der Waals surface area contributed by atoms with Crippen LogP contribution >= 0.6 is 0 Å². The standard InChI is InChI=1S/C11H20O4S/c1-2-3-4-5-10(11(12)13)9-6-7-16(14,15)8-9/h9-10H,2-8H2,1H3,(H,12,13). The highest BCUT2D eigenvalue weighted by molar-refractivity contribution is 7.91. The van der Waals surface area contributed by atoms with Gasteiger partial charge in [-0.05, 0) is 18.8 Å². The number of aliphatic carboxylic acids is 1. The second-order valence-electron chi connectivity index (χ2n) is 4.60. The van der Waals surface area contributed by atoms with Gasteiger partial charge in [-0.3, -0.25) is 4.79 Å². The van der Waals surface area contributed by atoms with E-state index in [2.05, 4.69) is 6.92 Å². The first-order chi connectivity index (χ1) is 7.46. The van der Waals surface area contributed by atoms with Crippen LogP contribution in [0.1, 0.15) is 39.0 Å². The molecule has 0 aromatic rings. The van der Waals surface area contributed by atoms with E-state index >= 15 is 0 Å². The van der Waals surface area contributed by atoms with Crippen molar-refractivity contribution in [1.82, 2.24) is 0 Å². The van der Waals surface area contributed by atoms with Crippen LogP contribution in [-0.2, 0) is 14.6 Å². The Morgan fingerprint density at radius 1 is 1.44 bits per heavy atom. The number of carboxylic acids is 1. The largest absolute Gasteiger partial charge is 0.481 e. The SMILES string of the molecule is CCCCCC(C(=O)O)C1CCS(=O)(=O)C1. The summed E-state index contributed by atoms with van der Waals surface area (Å²) in [6.07, 6.45) is 4.08. The maximum Gasteiger partial charge on any atom is 0.306 e. The predicted octanol–water partition coefficient (Wildman–Crippen LogP) is 1.70. The average molecular weight is 248 g/mol. The van der Waals surface area contributed by atoms with Gasteiger partial charge >= 0.3 is 5.97 Å². The summed E-state index contributed by atoms with van der Waals surface area (Å²) >= 11 is 0. The molecule has 1 aliphatic heterocycles. The number of hydrogen-bond donors (Lipinski definition) is 1. The monoisotopic (exact) mass is 248 g/mol. The molecule has 1 fully saturated rings. The molecule has 5 heteroatoms. The number of carbonyl (C=O) groups is 1. The minimum Gasteiger partial charge on any atom is -0.481 e. The van der Waals surface area contributed by atoms with Crippen LogP contribution in [-0.4, -0.2) is 31.0 Å². The maximum atomic E-state index is 11.3. The number of carboxylic acid groups (broad SMARTS) is 1. The third-order valence-corrected chi connectivity index (χ3v) is 5.07. The summed E-state index contributed by atoms with van der Waals surface area (Å²) in [5, 5.41) is 9.11. The van der Waals surface area contributed by atoms with Crippen LogP contribution in [0.2, 0.25) is 0 Å². The lowest BCUT2D eigenvalue weighted by molar-refractivity contribution is -0.143. The van der Waals surface area contributed by atoms with Crippen LogP contribution in [0.3, 0.4) is 0 Å². The number of unbranched alkanes of at least 4 members (excludes halogenated alkanes) is 2. The van der Waals surface area contributed by atoms with E-state index < -0.39 is 21.7 Å². The first-order valence-electron chi connectivity index (χ1n) is 5.89. The summed E-state index contributed by atoms with van der Waals surface area (Å²) in [5.74, 6) is -1.24. The summed E-state index contributed by atoms with van der Waals surface area (Å²) < 4.78 is 22.6. The summed E-state index contributed by atoms with van der Waals surface area (Å²) in [6.45, 7) is 2.07. The van der Waals surface area contributed by atoms with E-state index in [9.17, 15) is 13.2 Å². The van der Waals surface area contributed by atoms with Crippen molar-refractivity contribution >= 4 is 15.8 Å². The molecule has 1 saturated heterocycles. The Morgan fingerprint density at radius 3 is 2.56 bits per heavy atom. The number of hydrogen-bond acceptors (Lipinski definition) is 3. The van der Waals surface area contributed by atoms with Gasteiger partial charge in [-0.15, -0.1) is 0 Å². The zero-order valence-electron chi connectivity index (χ0n) is 9.68. The molecule has 16 heavy (non-hydrogen) atoms. The zero-order chi connectivity index (χ0) is 12.2. The summed E-state index contributed by atoms with van der Waals surface area (Å²) in [4.78, 5) is 11.1. The van der Waals surface area contributed by atoms with Crippen LogP contribution in [0.25, 0.3) is 0 Å². The van der Waals surface area contributed by atoms with Crippen LogP contribution in [0.15, 0.2) is 0 Å². The summed E-state index contributed by atoms with van der Waals surface area (Å²) in [5.41, 5.74) is 0. The van der Waals surface area contributed by atoms with Crippen LogP contribution in [0, 0.1) is 11.8 Å². The fourth-order valence-corrected chi connectivity index (χ4v) is 4.20. The second kappa shape index (κ2) is 5.66. The van der Waals surface area contributed by atoms with Gasteiger partial charge in [0.2, 0.25) is 0 Å². The highest BCUT2D eigenvalue weighted by Crippen LogP contribution is 2.29. The molecule has 4 nitrogen and oxygen atoms in total. The Morgan fingerprint density at radius 2 is 2.12 bits per heavy atom. The molecule has 1 rings (SSSR count). The van der Waals surface area contributed by atoms with Gasteiger partial charge in [0.05, 0.1) is 17.4 Å². The van der Waals surface area contributed by atoms with Gasteiger partial charge in [-0.1, -0.05) is 26.2 Å². The maximum absolute atomic E-state index is 11.3. The minimum atomic E-state index is -2.97. The van der Waals surface area contributed by atoms with Gasteiger partial charge in [-0.2, -0.15) is 0 Å². The minimum absolute atomic E-state index is 0.0656. The highest BCUT2D eigenvalue weighted by atomic mass is 32.2. The number of sulfone groups is 1. The molecule has 0 bridgehead atoms. The first-order valence-corrected chi connectivity index (χ1v) is 7.71. The van der Waals surface area contributed by atoms with Crippen molar-refractivity contribution in [2.45, 2.75) is 39.0 Å². The van der Waals surface area contributed by atoms with E-state index in [1.54, 1.807) is 0 Å². The Balaban J connectivity index is 2.54. The van der Waals surface area contributed by atoms with E-state index in [1.807, 2.05) is 0 Å². The molecule has 1 aliphatic rings. The van der Waals surface area contributed by atoms with E-state index in [4.69, 9.17) is 5.11 Å². The van der Waals surface area contributed by atoms with Crippen LogP contribution in [0.5, 0.6) is 0 Å². The van der Waals surface area contributed by atoms with Gasteiger partial charge in [0.1, 0.15) is 0 Å². The smallest absolute Gasteiger partial charge is 0.306 e. The fraction of sp³-hybridized carbons (Fsp3) is 0.909. The molecule has 0 aromatic heterocycles. The summed E-state index contributed by atoms with van der Waals surface area (Å²) in [7, 11) is -2.97. The van der Waals surface area contributed by atoms with Crippen molar-refractivity contribution in [2.75, 3.05) is 11.5 Å². The fourth-order valence-electron chi connectivity index (χ4n) is 2.32. The molecule has 94 valence electrons. The van der Waals surface area contributed by atoms with E-state index in [0.29, 0.717) is 12.8 Å². The van der Waals surface area contributed by atoms with E-state index in [-0.39, 0.29) is 17.4 Å². The molecule has 0 spiro atoms. The quantitative estimate of drug-likeness (QED) is 0.726. The summed E-state index contributed by atoms with van der Waals surface area (Å²) in [6, 6.07) is 0. The normalized spacial score (nSPS) is 25.4. The third-order valence-electron chi connectivity index (χ3n) is 3.27. The zero-order valence-corrected chi connectivity index (χ0v) is 10.5. The predicted molar refractivity (Wildman–Crippen MR) is 62.0 cm³/mol. The lowest BCUT2D eigenvalue weighted by Crippen LogP contribution is -2.24. The van der Waals surface area contributed by atoms with Crippen LogP contribution < -0.4 is 0 Å². The second-order valence-corrected chi connectivity index (χ2v) is 6.83. The topological polar surface area (TPSA) is 71.4 Å². The van der Waals surface area contributed by atoms with Crippen molar-refractivity contribution in [1.29, 1.82) is 0 Å². The Bertz CT molecular complexity index is 334. The van der Waals surface area contributed by atoms with Gasteiger partial charge in [0.25, 0.3) is 0 Å².